The van der Waals surface area contributed by atoms with E-state index in [1.807, 2.05) is 26.8 Å². The molecule has 7 nitrogen and oxygen atoms in total. The Morgan fingerprint density at radius 2 is 2.00 bits per heavy atom. The number of urea groups is 1. The summed E-state index contributed by atoms with van der Waals surface area (Å²) in [5.74, 6) is -0.569. The first-order valence-electron chi connectivity index (χ1n) is 8.11. The predicted octanol–water partition coefficient (Wildman–Crippen LogP) is 2.12. The summed E-state index contributed by atoms with van der Waals surface area (Å²) in [5, 5.41) is 2.52. The number of benzene rings is 1. The molecule has 3 N–H and O–H groups in total. The van der Waals surface area contributed by atoms with Crippen molar-refractivity contribution in [1.29, 1.82) is 0 Å². The average Bonchev–Trinajstić information content (AvgIpc) is 2.54. The monoisotopic (exact) mass is 362 g/mol. The lowest BCUT2D eigenvalue weighted by atomic mass is 10.1. The maximum atomic E-state index is 12.8. The summed E-state index contributed by atoms with van der Waals surface area (Å²) >= 11 is 1.17. The van der Waals surface area contributed by atoms with Gasteiger partial charge in [0.05, 0.1) is 16.2 Å². The van der Waals surface area contributed by atoms with Crippen LogP contribution in [-0.2, 0) is 11.3 Å². The summed E-state index contributed by atoms with van der Waals surface area (Å²) in [6, 6.07) is 6.23. The lowest BCUT2D eigenvalue weighted by molar-refractivity contribution is -0.120. The zero-order valence-electron chi connectivity index (χ0n) is 14.5. The fraction of sp³-hybridized carbons (Fsp3) is 0.412. The van der Waals surface area contributed by atoms with Crippen molar-refractivity contribution in [2.24, 2.45) is 11.7 Å². The van der Waals surface area contributed by atoms with E-state index < -0.39 is 17.2 Å². The second-order valence-electron chi connectivity index (χ2n) is 6.00. The number of para-hydroxylation sites is 1. The SMILES string of the molecule is CCCn1c(S[C@H](C(=O)NC(N)=O)C(C)C)nc2ccccc2c1=O. The Morgan fingerprint density at radius 1 is 1.32 bits per heavy atom. The van der Waals surface area contributed by atoms with Gasteiger partial charge in [-0.25, -0.2) is 9.78 Å². The second-order valence-corrected chi connectivity index (χ2v) is 7.11. The number of hydrogen-bond acceptors (Lipinski definition) is 5. The van der Waals surface area contributed by atoms with Crippen LogP contribution in [0.15, 0.2) is 34.2 Å². The Labute approximate surface area is 150 Å². The van der Waals surface area contributed by atoms with Gasteiger partial charge in [-0.3, -0.25) is 19.5 Å². The Bertz CT molecular complexity index is 847. The molecule has 25 heavy (non-hydrogen) atoms. The van der Waals surface area contributed by atoms with Crippen LogP contribution in [0, 0.1) is 5.92 Å². The molecule has 1 aromatic carbocycles. The maximum Gasteiger partial charge on any atom is 0.318 e. The molecule has 0 unspecified atom stereocenters. The van der Waals surface area contributed by atoms with Crippen molar-refractivity contribution in [1.82, 2.24) is 14.9 Å². The van der Waals surface area contributed by atoms with Gasteiger partial charge < -0.3 is 5.73 Å². The lowest BCUT2D eigenvalue weighted by Gasteiger charge is -2.20. The molecule has 2 rings (SSSR count). The average molecular weight is 362 g/mol. The van der Waals surface area contributed by atoms with E-state index in [4.69, 9.17) is 5.73 Å². The van der Waals surface area contributed by atoms with Gasteiger partial charge in [-0.2, -0.15) is 0 Å². The number of carbonyl (C=O) groups excluding carboxylic acids is 2. The molecule has 0 aliphatic rings. The molecule has 0 fully saturated rings. The number of primary amides is 1. The smallest absolute Gasteiger partial charge is 0.318 e. The standard InChI is InChI=1S/C17H22N4O3S/c1-4-9-21-15(23)11-7-5-6-8-12(11)19-17(21)25-13(10(2)3)14(22)20-16(18)24/h5-8,10,13H,4,9H2,1-3H3,(H3,18,20,22,24)/t13-/m0/s1. The number of nitrogens with one attached hydrogen (secondary N) is 1. The third-order valence-corrected chi connectivity index (χ3v) is 5.15. The van der Waals surface area contributed by atoms with Gasteiger partial charge in [0.15, 0.2) is 5.16 Å². The van der Waals surface area contributed by atoms with Crippen molar-refractivity contribution in [3.63, 3.8) is 0 Å². The van der Waals surface area contributed by atoms with E-state index in [0.717, 1.165) is 6.42 Å². The number of nitrogens with two attached hydrogens (primary N) is 1. The van der Waals surface area contributed by atoms with Crippen molar-refractivity contribution in [3.05, 3.63) is 34.6 Å². The Balaban J connectivity index is 2.50. The highest BCUT2D eigenvalue weighted by Crippen LogP contribution is 2.27. The Hall–Kier alpha value is -2.35. The molecule has 2 aromatic rings. The number of rotatable bonds is 6. The van der Waals surface area contributed by atoms with Crippen molar-refractivity contribution < 1.29 is 9.59 Å². The molecular weight excluding hydrogens is 340 g/mol. The quantitative estimate of drug-likeness (QED) is 0.604. The summed E-state index contributed by atoms with van der Waals surface area (Å²) < 4.78 is 1.58. The molecule has 0 radical (unpaired) electrons. The Kier molecular flexibility index (Phi) is 6.19. The van der Waals surface area contributed by atoms with E-state index in [1.54, 1.807) is 22.8 Å². The molecule has 0 saturated heterocycles. The highest BCUT2D eigenvalue weighted by molar-refractivity contribution is 8.00. The molecule has 3 amide bonds. The highest BCUT2D eigenvalue weighted by atomic mass is 32.2. The van der Waals surface area contributed by atoms with Crippen LogP contribution >= 0.6 is 11.8 Å². The van der Waals surface area contributed by atoms with Crippen LogP contribution in [0.3, 0.4) is 0 Å². The first kappa shape index (κ1) is 19.0. The van der Waals surface area contributed by atoms with E-state index in [-0.39, 0.29) is 11.5 Å². The number of thioether (sulfide) groups is 1. The second kappa shape index (κ2) is 8.15. The molecule has 0 spiro atoms. The summed E-state index contributed by atoms with van der Waals surface area (Å²) in [4.78, 5) is 40.6. The zero-order chi connectivity index (χ0) is 18.6. The van der Waals surface area contributed by atoms with E-state index in [2.05, 4.69) is 10.3 Å². The van der Waals surface area contributed by atoms with Crippen LogP contribution in [0.2, 0.25) is 0 Å². The molecule has 0 aliphatic heterocycles. The van der Waals surface area contributed by atoms with Crippen LogP contribution in [-0.4, -0.2) is 26.7 Å². The van der Waals surface area contributed by atoms with Gasteiger partial charge >= 0.3 is 6.03 Å². The van der Waals surface area contributed by atoms with Gasteiger partial charge in [0.1, 0.15) is 0 Å². The van der Waals surface area contributed by atoms with Gasteiger partial charge in [-0.15, -0.1) is 0 Å². The zero-order valence-corrected chi connectivity index (χ0v) is 15.3. The normalized spacial score (nSPS) is 12.3. The third kappa shape index (κ3) is 4.39. The molecule has 0 saturated carbocycles. The molecular formula is C17H22N4O3S. The minimum atomic E-state index is -0.895. The van der Waals surface area contributed by atoms with Crippen LogP contribution in [0.25, 0.3) is 10.9 Å². The summed E-state index contributed by atoms with van der Waals surface area (Å²) in [7, 11) is 0. The van der Waals surface area contributed by atoms with Crippen LogP contribution in [0.5, 0.6) is 0 Å². The fourth-order valence-corrected chi connectivity index (χ4v) is 3.57. The molecule has 1 heterocycles. The van der Waals surface area contributed by atoms with Crippen molar-refractivity contribution in [2.75, 3.05) is 0 Å². The minimum absolute atomic E-state index is 0.0807. The van der Waals surface area contributed by atoms with Crippen LogP contribution in [0.4, 0.5) is 4.79 Å². The number of imide groups is 1. The first-order chi connectivity index (χ1) is 11.8. The first-order valence-corrected chi connectivity index (χ1v) is 8.99. The van der Waals surface area contributed by atoms with Gasteiger partial charge in [-0.05, 0) is 24.5 Å². The molecule has 1 aromatic heterocycles. The molecule has 1 atom stereocenters. The molecule has 0 aliphatic carbocycles. The van der Waals surface area contributed by atoms with Crippen LogP contribution in [0.1, 0.15) is 27.2 Å². The van der Waals surface area contributed by atoms with Gasteiger partial charge in [0.2, 0.25) is 5.91 Å². The van der Waals surface area contributed by atoms with Gasteiger partial charge in [0.25, 0.3) is 5.56 Å². The molecule has 8 heteroatoms. The number of hydrogen-bond donors (Lipinski definition) is 2. The van der Waals surface area contributed by atoms with E-state index in [0.29, 0.717) is 22.6 Å². The van der Waals surface area contributed by atoms with Gasteiger partial charge in [-0.1, -0.05) is 44.7 Å². The highest BCUT2D eigenvalue weighted by Gasteiger charge is 2.27. The number of amides is 3. The minimum Gasteiger partial charge on any atom is -0.351 e. The number of aromatic nitrogens is 2. The predicted molar refractivity (Wildman–Crippen MR) is 98.5 cm³/mol. The van der Waals surface area contributed by atoms with Crippen LogP contribution < -0.4 is 16.6 Å². The van der Waals surface area contributed by atoms with E-state index in [1.165, 1.54) is 11.8 Å². The number of carbonyl (C=O) groups is 2. The lowest BCUT2D eigenvalue weighted by Crippen LogP contribution is -2.42. The number of fused-ring (bicyclic) bond motifs is 1. The maximum absolute atomic E-state index is 12.8. The topological polar surface area (TPSA) is 107 Å². The van der Waals surface area contributed by atoms with Gasteiger partial charge in [0, 0.05) is 6.54 Å². The summed E-state index contributed by atoms with van der Waals surface area (Å²) in [5.41, 5.74) is 5.50. The van der Waals surface area contributed by atoms with Crippen molar-refractivity contribution in [2.45, 2.75) is 44.1 Å². The summed E-state index contributed by atoms with van der Waals surface area (Å²) in [6.45, 7) is 6.19. The third-order valence-electron chi connectivity index (χ3n) is 3.62. The van der Waals surface area contributed by atoms with Crippen molar-refractivity contribution in [3.8, 4) is 0 Å². The largest absolute Gasteiger partial charge is 0.351 e. The fourth-order valence-electron chi connectivity index (χ4n) is 2.46. The van der Waals surface area contributed by atoms with Crippen molar-refractivity contribution >= 4 is 34.6 Å². The summed E-state index contributed by atoms with van der Waals surface area (Å²) in [6.07, 6.45) is 0.757. The molecule has 0 bridgehead atoms. The Morgan fingerprint density at radius 3 is 2.60 bits per heavy atom. The number of nitrogens with zero attached hydrogens (tertiary/aromatic N) is 2. The van der Waals surface area contributed by atoms with E-state index in [9.17, 15) is 14.4 Å². The van der Waals surface area contributed by atoms with E-state index >= 15 is 0 Å². The molecule has 134 valence electrons.